The van der Waals surface area contributed by atoms with E-state index in [0.717, 1.165) is 38.0 Å². The molecule has 0 radical (unpaired) electrons. The van der Waals surface area contributed by atoms with Crippen molar-refractivity contribution in [1.29, 1.82) is 0 Å². The Labute approximate surface area is 93.6 Å². The van der Waals surface area contributed by atoms with E-state index >= 15 is 0 Å². The summed E-state index contributed by atoms with van der Waals surface area (Å²) in [5.41, 5.74) is 1.14. The third-order valence-electron chi connectivity index (χ3n) is 3.34. The zero-order chi connectivity index (χ0) is 10.3. The van der Waals surface area contributed by atoms with Crippen LogP contribution >= 0.6 is 11.8 Å². The van der Waals surface area contributed by atoms with Gasteiger partial charge in [-0.05, 0) is 31.4 Å². The third-order valence-corrected chi connectivity index (χ3v) is 4.93. The van der Waals surface area contributed by atoms with Gasteiger partial charge in [0.25, 0.3) is 0 Å². The van der Waals surface area contributed by atoms with E-state index in [1.54, 1.807) is 6.07 Å². The molecule has 2 aliphatic heterocycles. The molecule has 80 valence electrons. The van der Waals surface area contributed by atoms with Gasteiger partial charge in [-0.15, -0.1) is 11.8 Å². The van der Waals surface area contributed by atoms with Crippen LogP contribution in [-0.4, -0.2) is 23.1 Å². The number of aromatic hydroxyl groups is 1. The number of thioether (sulfide) groups is 1. The summed E-state index contributed by atoms with van der Waals surface area (Å²) < 4.78 is 5.71. The first-order chi connectivity index (χ1) is 7.29. The molecule has 0 aliphatic carbocycles. The number of hydrogen-bond donors (Lipinski definition) is 1. The molecule has 1 aromatic carbocycles. The highest BCUT2D eigenvalue weighted by molar-refractivity contribution is 8.01. The minimum absolute atomic E-state index is 0.305. The standard InChI is InChI=1S/C12H14O2S/c13-10-2-1-3-11-9(10)8-12(15-11)4-6-14-7-5-12/h1-3,13H,4-8H2. The number of benzene rings is 1. The van der Waals surface area contributed by atoms with Crippen molar-refractivity contribution in [2.75, 3.05) is 13.2 Å². The number of ether oxygens (including phenoxy) is 1. The molecule has 2 aliphatic rings. The van der Waals surface area contributed by atoms with Crippen LogP contribution in [0.4, 0.5) is 0 Å². The fourth-order valence-corrected chi connectivity index (χ4v) is 3.94. The van der Waals surface area contributed by atoms with Crippen molar-refractivity contribution < 1.29 is 9.84 Å². The molecule has 0 saturated carbocycles. The Morgan fingerprint density at radius 2 is 2.07 bits per heavy atom. The first-order valence-corrected chi connectivity index (χ1v) is 6.18. The largest absolute Gasteiger partial charge is 0.508 e. The maximum absolute atomic E-state index is 9.80. The lowest BCUT2D eigenvalue weighted by Crippen LogP contribution is -2.32. The van der Waals surface area contributed by atoms with Gasteiger partial charge in [0.2, 0.25) is 0 Å². The summed E-state index contributed by atoms with van der Waals surface area (Å²) in [4.78, 5) is 1.26. The molecule has 1 N–H and O–H groups in total. The predicted molar refractivity (Wildman–Crippen MR) is 60.5 cm³/mol. The zero-order valence-corrected chi connectivity index (χ0v) is 9.35. The van der Waals surface area contributed by atoms with Crippen LogP contribution in [0.5, 0.6) is 5.75 Å². The van der Waals surface area contributed by atoms with Crippen LogP contribution in [0, 0.1) is 0 Å². The zero-order valence-electron chi connectivity index (χ0n) is 8.53. The number of rotatable bonds is 0. The molecule has 0 aromatic heterocycles. The van der Waals surface area contributed by atoms with Crippen molar-refractivity contribution in [3.63, 3.8) is 0 Å². The van der Waals surface area contributed by atoms with E-state index in [2.05, 4.69) is 6.07 Å². The SMILES string of the molecule is Oc1cccc2c1CC1(CCOCC1)S2. The van der Waals surface area contributed by atoms with Crippen LogP contribution in [0.2, 0.25) is 0 Å². The van der Waals surface area contributed by atoms with E-state index in [9.17, 15) is 5.11 Å². The van der Waals surface area contributed by atoms with Crippen LogP contribution in [0.3, 0.4) is 0 Å². The van der Waals surface area contributed by atoms with Gasteiger partial charge >= 0.3 is 0 Å². The fraction of sp³-hybridized carbons (Fsp3) is 0.500. The van der Waals surface area contributed by atoms with Crippen LogP contribution in [0.1, 0.15) is 18.4 Å². The Bertz CT molecular complexity index is 383. The Morgan fingerprint density at radius 1 is 1.27 bits per heavy atom. The maximum Gasteiger partial charge on any atom is 0.119 e. The van der Waals surface area contributed by atoms with Gasteiger partial charge in [-0.3, -0.25) is 0 Å². The first kappa shape index (κ1) is 9.55. The number of fused-ring (bicyclic) bond motifs is 1. The smallest absolute Gasteiger partial charge is 0.119 e. The van der Waals surface area contributed by atoms with E-state index < -0.39 is 0 Å². The highest BCUT2D eigenvalue weighted by Gasteiger charge is 2.40. The van der Waals surface area contributed by atoms with Crippen molar-refractivity contribution in [1.82, 2.24) is 0 Å². The molecular formula is C12H14O2S. The quantitative estimate of drug-likeness (QED) is 0.731. The second-order valence-corrected chi connectivity index (χ2v) is 5.84. The Balaban J connectivity index is 1.94. The number of hydrogen-bond acceptors (Lipinski definition) is 3. The number of phenols is 1. The highest BCUT2D eigenvalue weighted by atomic mass is 32.2. The molecule has 0 atom stereocenters. The average molecular weight is 222 g/mol. The van der Waals surface area contributed by atoms with Crippen molar-refractivity contribution in [2.45, 2.75) is 28.9 Å². The Kier molecular flexibility index (Phi) is 2.18. The van der Waals surface area contributed by atoms with Gasteiger partial charge in [0.05, 0.1) is 0 Å². The predicted octanol–water partition coefficient (Wildman–Crippen LogP) is 2.59. The molecule has 3 heteroatoms. The summed E-state index contributed by atoms with van der Waals surface area (Å²) in [7, 11) is 0. The summed E-state index contributed by atoms with van der Waals surface area (Å²) >= 11 is 1.93. The molecule has 1 aromatic rings. The summed E-state index contributed by atoms with van der Waals surface area (Å²) in [6.07, 6.45) is 3.21. The third kappa shape index (κ3) is 1.54. The Hall–Kier alpha value is -0.670. The van der Waals surface area contributed by atoms with E-state index in [1.165, 1.54) is 4.90 Å². The van der Waals surface area contributed by atoms with Crippen molar-refractivity contribution >= 4 is 11.8 Å². The van der Waals surface area contributed by atoms with Crippen LogP contribution < -0.4 is 0 Å². The summed E-state index contributed by atoms with van der Waals surface area (Å²) in [5.74, 6) is 0.461. The summed E-state index contributed by atoms with van der Waals surface area (Å²) in [5, 5.41) is 9.80. The lowest BCUT2D eigenvalue weighted by atomic mass is 9.91. The van der Waals surface area contributed by atoms with Crippen molar-refractivity contribution in [3.05, 3.63) is 23.8 Å². The van der Waals surface area contributed by atoms with Crippen LogP contribution in [-0.2, 0) is 11.2 Å². The molecule has 0 bridgehead atoms. The Morgan fingerprint density at radius 3 is 2.80 bits per heavy atom. The molecule has 1 spiro atoms. The van der Waals surface area contributed by atoms with Gasteiger partial charge in [-0.25, -0.2) is 0 Å². The van der Waals surface area contributed by atoms with E-state index in [0.29, 0.717) is 10.5 Å². The van der Waals surface area contributed by atoms with E-state index in [1.807, 2.05) is 17.8 Å². The second-order valence-electron chi connectivity index (χ2n) is 4.33. The maximum atomic E-state index is 9.80. The molecule has 1 saturated heterocycles. The molecule has 0 amide bonds. The van der Waals surface area contributed by atoms with Crippen molar-refractivity contribution in [2.24, 2.45) is 0 Å². The minimum atomic E-state index is 0.305. The lowest BCUT2D eigenvalue weighted by molar-refractivity contribution is 0.0781. The molecule has 3 rings (SSSR count). The normalized spacial score (nSPS) is 22.9. The molecule has 2 heterocycles. The average Bonchev–Trinajstić information content (AvgIpc) is 2.59. The molecule has 2 nitrogen and oxygen atoms in total. The molecule has 0 unspecified atom stereocenters. The number of phenolic OH excluding ortho intramolecular Hbond substituents is 1. The highest BCUT2D eigenvalue weighted by Crippen LogP contribution is 2.52. The van der Waals surface area contributed by atoms with E-state index in [-0.39, 0.29) is 0 Å². The van der Waals surface area contributed by atoms with Gasteiger partial charge in [0, 0.05) is 28.4 Å². The van der Waals surface area contributed by atoms with Gasteiger partial charge in [-0.1, -0.05) is 6.07 Å². The van der Waals surface area contributed by atoms with Crippen molar-refractivity contribution in [3.8, 4) is 5.75 Å². The first-order valence-electron chi connectivity index (χ1n) is 5.37. The monoisotopic (exact) mass is 222 g/mol. The fourth-order valence-electron chi connectivity index (χ4n) is 2.44. The lowest BCUT2D eigenvalue weighted by Gasteiger charge is -2.32. The minimum Gasteiger partial charge on any atom is -0.508 e. The summed E-state index contributed by atoms with van der Waals surface area (Å²) in [6.45, 7) is 1.73. The second kappa shape index (κ2) is 3.42. The van der Waals surface area contributed by atoms with Gasteiger partial charge in [-0.2, -0.15) is 0 Å². The molecule has 1 fully saturated rings. The van der Waals surface area contributed by atoms with Gasteiger partial charge in [0.1, 0.15) is 5.75 Å². The van der Waals surface area contributed by atoms with Crippen LogP contribution in [0.15, 0.2) is 23.1 Å². The molecular weight excluding hydrogens is 208 g/mol. The summed E-state index contributed by atoms with van der Waals surface area (Å²) in [6, 6.07) is 5.83. The van der Waals surface area contributed by atoms with Gasteiger partial charge < -0.3 is 9.84 Å². The van der Waals surface area contributed by atoms with Crippen LogP contribution in [0.25, 0.3) is 0 Å². The van der Waals surface area contributed by atoms with Gasteiger partial charge in [0.15, 0.2) is 0 Å². The topological polar surface area (TPSA) is 29.5 Å². The van der Waals surface area contributed by atoms with E-state index in [4.69, 9.17) is 4.74 Å². The molecule has 15 heavy (non-hydrogen) atoms.